The molecule has 0 aromatic heterocycles. The van der Waals surface area contributed by atoms with Crippen LogP contribution in [0.25, 0.3) is 0 Å². The van der Waals surface area contributed by atoms with Gasteiger partial charge in [-0.3, -0.25) is 0 Å². The average Bonchev–Trinajstić information content (AvgIpc) is 2.38. The van der Waals surface area contributed by atoms with Crippen LogP contribution in [0.2, 0.25) is 5.02 Å². The quantitative estimate of drug-likeness (QED) is 0.889. The average molecular weight is 266 g/mol. The number of rotatable bonds is 4. The van der Waals surface area contributed by atoms with Gasteiger partial charge in [0.25, 0.3) is 0 Å². The van der Waals surface area contributed by atoms with Gasteiger partial charge in [-0.1, -0.05) is 30.7 Å². The van der Waals surface area contributed by atoms with E-state index in [1.54, 1.807) is 0 Å². The number of benzene rings is 1. The first kappa shape index (κ1) is 13.4. The summed E-state index contributed by atoms with van der Waals surface area (Å²) in [5, 5.41) is 4.25. The maximum Gasteiger partial charge on any atom is 0.113 e. The molecule has 1 unspecified atom stereocenters. The van der Waals surface area contributed by atoms with Gasteiger partial charge in [-0.2, -0.15) is 0 Å². The Kier molecular flexibility index (Phi) is 4.67. The third-order valence-electron chi connectivity index (χ3n) is 3.12. The fraction of sp³-hybridized carbons (Fsp3) is 0.467. The number of halogens is 1. The molecular weight excluding hydrogens is 246 g/mol. The number of allylic oxidation sites excluding steroid dienone is 1. The Bertz CT molecular complexity index is 442. The summed E-state index contributed by atoms with van der Waals surface area (Å²) in [6, 6.07) is 6.26. The topological polar surface area (TPSA) is 21.3 Å². The van der Waals surface area contributed by atoms with E-state index in [1.807, 2.05) is 13.0 Å². The number of hydrogen-bond acceptors (Lipinski definition) is 2. The Morgan fingerprint density at radius 3 is 2.89 bits per heavy atom. The molecule has 1 N–H and O–H groups in total. The lowest BCUT2D eigenvalue weighted by Gasteiger charge is -2.25. The summed E-state index contributed by atoms with van der Waals surface area (Å²) in [7, 11) is 0. The Labute approximate surface area is 114 Å². The largest absolute Gasteiger partial charge is 0.496 e. The van der Waals surface area contributed by atoms with Crippen LogP contribution in [0.3, 0.4) is 0 Å². The lowest BCUT2D eigenvalue weighted by atomic mass is 10.0. The van der Waals surface area contributed by atoms with E-state index in [0.717, 1.165) is 42.3 Å². The zero-order valence-electron chi connectivity index (χ0n) is 11.0. The van der Waals surface area contributed by atoms with Crippen LogP contribution in [-0.4, -0.2) is 13.2 Å². The third kappa shape index (κ3) is 3.06. The molecule has 1 aliphatic rings. The maximum atomic E-state index is 6.36. The van der Waals surface area contributed by atoms with Crippen LogP contribution in [0.5, 0.6) is 0 Å². The van der Waals surface area contributed by atoms with Crippen LogP contribution >= 0.6 is 11.6 Å². The highest BCUT2D eigenvalue weighted by atomic mass is 35.5. The summed E-state index contributed by atoms with van der Waals surface area (Å²) in [5.41, 5.74) is 2.27. The minimum absolute atomic E-state index is 0.0726. The van der Waals surface area contributed by atoms with Crippen LogP contribution in [0.15, 0.2) is 30.0 Å². The van der Waals surface area contributed by atoms with E-state index in [2.05, 4.69) is 30.4 Å². The zero-order valence-corrected chi connectivity index (χ0v) is 11.8. The Hall–Kier alpha value is -0.990. The number of ether oxygens (including phenoxy) is 1. The first-order valence-corrected chi connectivity index (χ1v) is 6.92. The van der Waals surface area contributed by atoms with Crippen molar-refractivity contribution in [2.24, 2.45) is 0 Å². The molecule has 1 aromatic rings. The van der Waals surface area contributed by atoms with E-state index in [0.29, 0.717) is 0 Å². The van der Waals surface area contributed by atoms with Gasteiger partial charge < -0.3 is 10.1 Å². The number of likely N-dealkylation sites (N-methyl/N-ethyl adjacent to an activating group) is 1. The Balaban J connectivity index is 2.31. The van der Waals surface area contributed by atoms with Crippen molar-refractivity contribution in [1.82, 2.24) is 5.32 Å². The number of aryl methyl sites for hydroxylation is 1. The van der Waals surface area contributed by atoms with Gasteiger partial charge in [-0.05, 0) is 49.6 Å². The first-order valence-electron chi connectivity index (χ1n) is 6.54. The van der Waals surface area contributed by atoms with E-state index in [1.165, 1.54) is 5.56 Å². The van der Waals surface area contributed by atoms with E-state index >= 15 is 0 Å². The molecule has 0 amide bonds. The van der Waals surface area contributed by atoms with Crippen molar-refractivity contribution >= 4 is 11.6 Å². The lowest BCUT2D eigenvalue weighted by Crippen LogP contribution is -2.25. The smallest absolute Gasteiger partial charge is 0.113 e. The fourth-order valence-corrected chi connectivity index (χ4v) is 2.56. The summed E-state index contributed by atoms with van der Waals surface area (Å²) in [6.07, 6.45) is 4.36. The molecule has 0 radical (unpaired) electrons. The standard InChI is InChI=1S/C15H20ClNO/c1-3-17-15(14-6-4-5-9-18-14)12-8-7-11(2)10-13(12)16/h6-8,10,15,17H,3-5,9H2,1-2H3. The second-order valence-electron chi connectivity index (χ2n) is 4.61. The van der Waals surface area contributed by atoms with Crippen molar-refractivity contribution in [3.05, 3.63) is 46.2 Å². The fourth-order valence-electron chi connectivity index (χ4n) is 2.21. The van der Waals surface area contributed by atoms with Gasteiger partial charge in [0, 0.05) is 5.02 Å². The van der Waals surface area contributed by atoms with Gasteiger partial charge in [0.05, 0.1) is 12.6 Å². The summed E-state index contributed by atoms with van der Waals surface area (Å²) in [6.45, 7) is 5.83. The minimum atomic E-state index is 0.0726. The molecule has 2 nitrogen and oxygen atoms in total. The van der Waals surface area contributed by atoms with Crippen molar-refractivity contribution in [3.8, 4) is 0 Å². The van der Waals surface area contributed by atoms with Crippen LogP contribution in [0, 0.1) is 6.92 Å². The SMILES string of the molecule is CCNC(C1=CCCCO1)c1ccc(C)cc1Cl. The minimum Gasteiger partial charge on any atom is -0.496 e. The molecule has 0 saturated carbocycles. The summed E-state index contributed by atoms with van der Waals surface area (Å²) in [4.78, 5) is 0. The molecule has 1 aromatic carbocycles. The first-order chi connectivity index (χ1) is 8.72. The summed E-state index contributed by atoms with van der Waals surface area (Å²) >= 11 is 6.36. The molecule has 0 aliphatic carbocycles. The van der Waals surface area contributed by atoms with Gasteiger partial charge in [0.2, 0.25) is 0 Å². The third-order valence-corrected chi connectivity index (χ3v) is 3.45. The van der Waals surface area contributed by atoms with Gasteiger partial charge in [-0.25, -0.2) is 0 Å². The summed E-state index contributed by atoms with van der Waals surface area (Å²) < 4.78 is 5.77. The highest BCUT2D eigenvalue weighted by molar-refractivity contribution is 6.31. The van der Waals surface area contributed by atoms with Crippen LogP contribution in [0.1, 0.15) is 36.9 Å². The van der Waals surface area contributed by atoms with Gasteiger partial charge >= 0.3 is 0 Å². The second-order valence-corrected chi connectivity index (χ2v) is 5.02. The van der Waals surface area contributed by atoms with Crippen LogP contribution < -0.4 is 5.32 Å². The van der Waals surface area contributed by atoms with Crippen molar-refractivity contribution in [2.45, 2.75) is 32.7 Å². The van der Waals surface area contributed by atoms with Crippen LogP contribution in [0.4, 0.5) is 0 Å². The maximum absolute atomic E-state index is 6.36. The molecular formula is C15H20ClNO. The van der Waals surface area contributed by atoms with Crippen LogP contribution in [-0.2, 0) is 4.74 Å². The van der Waals surface area contributed by atoms with Gasteiger partial charge in [0.1, 0.15) is 5.76 Å². The lowest BCUT2D eigenvalue weighted by molar-refractivity contribution is 0.168. The Morgan fingerprint density at radius 2 is 2.28 bits per heavy atom. The highest BCUT2D eigenvalue weighted by Crippen LogP contribution is 2.31. The molecule has 0 bridgehead atoms. The van der Waals surface area contributed by atoms with Crippen molar-refractivity contribution in [3.63, 3.8) is 0 Å². The molecule has 0 spiro atoms. The van der Waals surface area contributed by atoms with Crippen molar-refractivity contribution in [1.29, 1.82) is 0 Å². The Morgan fingerprint density at radius 1 is 1.44 bits per heavy atom. The molecule has 18 heavy (non-hydrogen) atoms. The summed E-state index contributed by atoms with van der Waals surface area (Å²) in [5.74, 6) is 1.01. The molecule has 3 heteroatoms. The van der Waals surface area contributed by atoms with Crippen molar-refractivity contribution in [2.75, 3.05) is 13.2 Å². The predicted octanol–water partition coefficient (Wildman–Crippen LogP) is 3.99. The molecule has 1 aliphatic heterocycles. The van der Waals surface area contributed by atoms with E-state index in [-0.39, 0.29) is 6.04 Å². The van der Waals surface area contributed by atoms with E-state index in [9.17, 15) is 0 Å². The number of hydrogen-bond donors (Lipinski definition) is 1. The normalized spacial score (nSPS) is 16.9. The van der Waals surface area contributed by atoms with Gasteiger partial charge in [-0.15, -0.1) is 0 Å². The van der Waals surface area contributed by atoms with Gasteiger partial charge in [0.15, 0.2) is 0 Å². The zero-order chi connectivity index (χ0) is 13.0. The number of nitrogens with one attached hydrogen (secondary N) is 1. The van der Waals surface area contributed by atoms with E-state index in [4.69, 9.17) is 16.3 Å². The second kappa shape index (κ2) is 6.26. The monoisotopic (exact) mass is 265 g/mol. The molecule has 2 rings (SSSR count). The molecule has 1 heterocycles. The molecule has 0 saturated heterocycles. The molecule has 1 atom stereocenters. The van der Waals surface area contributed by atoms with E-state index < -0.39 is 0 Å². The van der Waals surface area contributed by atoms with Crippen molar-refractivity contribution < 1.29 is 4.74 Å². The molecule has 0 fully saturated rings. The predicted molar refractivity (Wildman–Crippen MR) is 75.9 cm³/mol. The highest BCUT2D eigenvalue weighted by Gasteiger charge is 2.21. The molecule has 98 valence electrons.